The third-order valence-corrected chi connectivity index (χ3v) is 3.74. The number of nitrogens with zero attached hydrogens (tertiary/aromatic N) is 2. The summed E-state index contributed by atoms with van der Waals surface area (Å²) in [5.74, 6) is 0.661. The molecule has 1 atom stereocenters. The van der Waals surface area contributed by atoms with Crippen LogP contribution in [0.2, 0.25) is 0 Å². The van der Waals surface area contributed by atoms with Gasteiger partial charge >= 0.3 is 0 Å². The lowest BCUT2D eigenvalue weighted by molar-refractivity contribution is -0.403. The summed E-state index contributed by atoms with van der Waals surface area (Å²) in [6, 6.07) is 0. The summed E-state index contributed by atoms with van der Waals surface area (Å²) in [4.78, 5) is 12.2. The quantitative estimate of drug-likeness (QED) is 0.393. The Morgan fingerprint density at radius 1 is 1.68 bits per heavy atom. The highest BCUT2D eigenvalue weighted by atomic mass is 32.2. The summed E-state index contributed by atoms with van der Waals surface area (Å²) < 4.78 is 5.35. The highest BCUT2D eigenvalue weighted by Crippen LogP contribution is 2.13. The lowest BCUT2D eigenvalue weighted by Crippen LogP contribution is -2.28. The number of ether oxygens (including phenoxy) is 1. The highest BCUT2D eigenvalue weighted by Gasteiger charge is 2.16. The number of thioether (sulfide) groups is 1. The van der Waals surface area contributed by atoms with Crippen LogP contribution in [0, 0.1) is 16.0 Å². The van der Waals surface area contributed by atoms with Crippen molar-refractivity contribution < 1.29 is 9.66 Å². The molecule has 1 fully saturated rings. The van der Waals surface area contributed by atoms with Crippen molar-refractivity contribution in [3.8, 4) is 0 Å². The molecule has 110 valence electrons. The van der Waals surface area contributed by atoms with Gasteiger partial charge < -0.3 is 15.0 Å². The van der Waals surface area contributed by atoms with Crippen molar-refractivity contribution in [3.05, 3.63) is 21.3 Å². The fourth-order valence-corrected chi connectivity index (χ4v) is 2.52. The Labute approximate surface area is 118 Å². The van der Waals surface area contributed by atoms with Crippen LogP contribution in [0.1, 0.15) is 12.8 Å². The van der Waals surface area contributed by atoms with Crippen LogP contribution in [0.4, 0.5) is 0 Å². The van der Waals surface area contributed by atoms with Crippen LogP contribution >= 0.6 is 11.8 Å². The first kappa shape index (κ1) is 16.3. The fraction of sp³-hybridized carbons (Fsp3) is 0.833. The summed E-state index contributed by atoms with van der Waals surface area (Å²) in [6.45, 7) is 4.59. The van der Waals surface area contributed by atoms with Crippen LogP contribution in [-0.4, -0.2) is 56.0 Å². The lowest BCUT2D eigenvalue weighted by atomic mass is 10.1. The Hall–Kier alpha value is -0.790. The van der Waals surface area contributed by atoms with Crippen molar-refractivity contribution in [2.24, 2.45) is 5.92 Å². The zero-order valence-electron chi connectivity index (χ0n) is 11.6. The van der Waals surface area contributed by atoms with Crippen LogP contribution in [0.15, 0.2) is 11.2 Å². The minimum absolute atomic E-state index is 0.426. The van der Waals surface area contributed by atoms with Gasteiger partial charge in [0.2, 0.25) is 0 Å². The first-order chi connectivity index (χ1) is 9.11. The van der Waals surface area contributed by atoms with Crippen LogP contribution in [0.25, 0.3) is 0 Å². The van der Waals surface area contributed by atoms with Gasteiger partial charge in [-0.25, -0.2) is 0 Å². The first-order valence-electron chi connectivity index (χ1n) is 6.51. The molecule has 19 heavy (non-hydrogen) atoms. The molecule has 1 saturated heterocycles. The maximum absolute atomic E-state index is 10.4. The van der Waals surface area contributed by atoms with Crippen molar-refractivity contribution in [3.63, 3.8) is 0 Å². The molecule has 0 saturated carbocycles. The van der Waals surface area contributed by atoms with Crippen LogP contribution in [0.5, 0.6) is 0 Å². The molecule has 0 radical (unpaired) electrons. The van der Waals surface area contributed by atoms with E-state index in [-0.39, 0.29) is 0 Å². The van der Waals surface area contributed by atoms with Gasteiger partial charge in [0.05, 0.1) is 11.5 Å². The molecule has 0 spiro atoms. The maximum atomic E-state index is 10.4. The number of rotatable bonds is 9. The molecule has 0 aromatic carbocycles. The predicted octanol–water partition coefficient (Wildman–Crippen LogP) is 1.37. The highest BCUT2D eigenvalue weighted by molar-refractivity contribution is 8.02. The van der Waals surface area contributed by atoms with Gasteiger partial charge in [0.25, 0.3) is 6.20 Å². The molecule has 0 bridgehead atoms. The van der Waals surface area contributed by atoms with Gasteiger partial charge in [-0.1, -0.05) is 0 Å². The van der Waals surface area contributed by atoms with E-state index < -0.39 is 4.92 Å². The summed E-state index contributed by atoms with van der Waals surface area (Å²) >= 11 is 1.36. The molecule has 0 aliphatic carbocycles. The van der Waals surface area contributed by atoms with E-state index in [1.807, 2.05) is 6.26 Å². The molecule has 1 aliphatic rings. The van der Waals surface area contributed by atoms with E-state index in [1.54, 1.807) is 0 Å². The average Bonchev–Trinajstić information content (AvgIpc) is 2.85. The largest absolute Gasteiger partial charge is 0.381 e. The number of nitrogens with one attached hydrogen (secondary N) is 1. The van der Waals surface area contributed by atoms with E-state index >= 15 is 0 Å². The lowest BCUT2D eigenvalue weighted by Gasteiger charge is -2.20. The van der Waals surface area contributed by atoms with Gasteiger partial charge in [-0.15, -0.1) is 11.8 Å². The SMILES string of the molecule is CSC(=C[N+](=O)[O-])NCCCN(C)CC1CCOC1. The van der Waals surface area contributed by atoms with E-state index in [0.29, 0.717) is 10.9 Å². The summed E-state index contributed by atoms with van der Waals surface area (Å²) in [6.07, 6.45) is 4.98. The molecule has 1 aliphatic heterocycles. The second-order valence-electron chi connectivity index (χ2n) is 4.76. The zero-order valence-corrected chi connectivity index (χ0v) is 12.4. The Bertz CT molecular complexity index is 307. The van der Waals surface area contributed by atoms with E-state index in [9.17, 15) is 10.1 Å². The molecule has 0 aromatic rings. The molecule has 0 aromatic heterocycles. The molecule has 7 heteroatoms. The van der Waals surface area contributed by atoms with Crippen LogP contribution in [0.3, 0.4) is 0 Å². The molecular formula is C12H23N3O3S. The average molecular weight is 289 g/mol. The molecule has 1 heterocycles. The standard InChI is InChI=1S/C12H23N3O3S/c1-14(8-11-4-7-18-10-11)6-3-5-13-12(19-2)9-15(16)17/h9,11,13H,3-8,10H2,1-2H3. The zero-order chi connectivity index (χ0) is 14.1. The minimum atomic E-state index is -0.426. The second-order valence-corrected chi connectivity index (χ2v) is 5.60. The minimum Gasteiger partial charge on any atom is -0.381 e. The van der Waals surface area contributed by atoms with Crippen LogP contribution in [-0.2, 0) is 4.74 Å². The van der Waals surface area contributed by atoms with Crippen molar-refractivity contribution in [1.82, 2.24) is 10.2 Å². The Morgan fingerprint density at radius 2 is 2.47 bits per heavy atom. The maximum Gasteiger partial charge on any atom is 0.263 e. The van der Waals surface area contributed by atoms with E-state index in [0.717, 1.165) is 51.9 Å². The topological polar surface area (TPSA) is 67.6 Å². The molecule has 6 nitrogen and oxygen atoms in total. The van der Waals surface area contributed by atoms with Gasteiger partial charge in [-0.3, -0.25) is 10.1 Å². The Morgan fingerprint density at radius 3 is 3.05 bits per heavy atom. The number of nitro groups is 1. The van der Waals surface area contributed by atoms with Crippen molar-refractivity contribution in [2.75, 3.05) is 46.2 Å². The van der Waals surface area contributed by atoms with Gasteiger partial charge in [-0.2, -0.15) is 0 Å². The van der Waals surface area contributed by atoms with E-state index in [1.165, 1.54) is 11.8 Å². The number of hydrogen-bond donors (Lipinski definition) is 1. The third kappa shape index (κ3) is 7.39. The molecule has 1 N–H and O–H groups in total. The van der Waals surface area contributed by atoms with Crippen LogP contribution < -0.4 is 5.32 Å². The summed E-state index contributed by atoms with van der Waals surface area (Å²) in [5, 5.41) is 14.0. The molecule has 0 amide bonds. The molecule has 1 rings (SSSR count). The Kier molecular flexibility index (Phi) is 7.85. The predicted molar refractivity (Wildman–Crippen MR) is 77.6 cm³/mol. The molecule has 1 unspecified atom stereocenters. The normalized spacial score (nSPS) is 19.9. The smallest absolute Gasteiger partial charge is 0.263 e. The monoisotopic (exact) mass is 289 g/mol. The van der Waals surface area contributed by atoms with E-state index in [4.69, 9.17) is 4.74 Å². The van der Waals surface area contributed by atoms with Crippen molar-refractivity contribution in [2.45, 2.75) is 12.8 Å². The fourth-order valence-electron chi connectivity index (χ4n) is 2.09. The first-order valence-corrected chi connectivity index (χ1v) is 7.73. The number of hydrogen-bond acceptors (Lipinski definition) is 6. The summed E-state index contributed by atoms with van der Waals surface area (Å²) in [7, 11) is 2.11. The summed E-state index contributed by atoms with van der Waals surface area (Å²) in [5.41, 5.74) is 0. The van der Waals surface area contributed by atoms with Gasteiger partial charge in [0.1, 0.15) is 5.03 Å². The van der Waals surface area contributed by atoms with Crippen molar-refractivity contribution >= 4 is 11.8 Å². The van der Waals surface area contributed by atoms with Gasteiger partial charge in [0, 0.05) is 19.7 Å². The van der Waals surface area contributed by atoms with Gasteiger partial charge in [-0.05, 0) is 38.6 Å². The Balaban J connectivity index is 2.10. The van der Waals surface area contributed by atoms with Crippen molar-refractivity contribution in [1.29, 1.82) is 0 Å². The second kappa shape index (κ2) is 9.17. The van der Waals surface area contributed by atoms with Gasteiger partial charge in [0.15, 0.2) is 0 Å². The van der Waals surface area contributed by atoms with E-state index in [2.05, 4.69) is 17.3 Å². The molecular weight excluding hydrogens is 266 g/mol. The third-order valence-electron chi connectivity index (χ3n) is 3.05.